The van der Waals surface area contributed by atoms with Gasteiger partial charge in [-0.25, -0.2) is 0 Å². The lowest BCUT2D eigenvalue weighted by molar-refractivity contribution is -0.111. The van der Waals surface area contributed by atoms with Crippen molar-refractivity contribution in [3.05, 3.63) is 53.4 Å². The maximum absolute atomic E-state index is 12.0. The first-order chi connectivity index (χ1) is 9.99. The van der Waals surface area contributed by atoms with Gasteiger partial charge in [0, 0.05) is 24.9 Å². The van der Waals surface area contributed by atoms with Gasteiger partial charge in [-0.3, -0.25) is 14.3 Å². The minimum absolute atomic E-state index is 0.0704. The molecule has 0 aliphatic carbocycles. The van der Waals surface area contributed by atoms with Gasteiger partial charge in [0.15, 0.2) is 5.78 Å². The molecule has 0 bridgehead atoms. The lowest BCUT2D eigenvalue weighted by atomic mass is 10.0. The van der Waals surface area contributed by atoms with Crippen LogP contribution in [0, 0.1) is 6.92 Å². The van der Waals surface area contributed by atoms with Crippen molar-refractivity contribution in [2.45, 2.75) is 13.8 Å². The monoisotopic (exact) mass is 283 g/mol. The zero-order valence-electron chi connectivity index (χ0n) is 12.3. The zero-order chi connectivity index (χ0) is 15.4. The first-order valence-corrected chi connectivity index (χ1v) is 6.56. The predicted molar refractivity (Wildman–Crippen MR) is 82.1 cm³/mol. The van der Waals surface area contributed by atoms with Crippen molar-refractivity contribution in [1.82, 2.24) is 9.78 Å². The summed E-state index contributed by atoms with van der Waals surface area (Å²) in [6, 6.07) is 7.18. The van der Waals surface area contributed by atoms with Crippen molar-refractivity contribution in [3.8, 4) is 0 Å². The van der Waals surface area contributed by atoms with Gasteiger partial charge in [-0.2, -0.15) is 5.10 Å². The van der Waals surface area contributed by atoms with Crippen LogP contribution in [0.4, 0.5) is 5.69 Å². The van der Waals surface area contributed by atoms with E-state index in [1.54, 1.807) is 36.1 Å². The number of anilines is 1. The quantitative estimate of drug-likeness (QED) is 0.693. The lowest BCUT2D eigenvalue weighted by Crippen LogP contribution is -2.12. The van der Waals surface area contributed by atoms with Gasteiger partial charge in [-0.15, -0.1) is 0 Å². The van der Waals surface area contributed by atoms with Crippen LogP contribution in [0.2, 0.25) is 0 Å². The Morgan fingerprint density at radius 1 is 1.29 bits per heavy atom. The second-order valence-corrected chi connectivity index (χ2v) is 4.76. The predicted octanol–water partition coefficient (Wildman–Crippen LogP) is 2.58. The van der Waals surface area contributed by atoms with Gasteiger partial charge in [0.05, 0.1) is 11.4 Å². The number of carbonyl (C=O) groups excluding carboxylic acids is 2. The van der Waals surface area contributed by atoms with Crippen LogP contribution in [0.15, 0.2) is 36.5 Å². The molecule has 2 rings (SSSR count). The van der Waals surface area contributed by atoms with Crippen LogP contribution in [-0.4, -0.2) is 21.5 Å². The molecule has 0 aliphatic heterocycles. The minimum Gasteiger partial charge on any atom is -0.322 e. The summed E-state index contributed by atoms with van der Waals surface area (Å²) >= 11 is 0. The molecule has 0 aliphatic rings. The van der Waals surface area contributed by atoms with E-state index in [2.05, 4.69) is 10.4 Å². The molecular weight excluding hydrogens is 266 g/mol. The molecule has 0 fully saturated rings. The lowest BCUT2D eigenvalue weighted by Gasteiger charge is -2.10. The first-order valence-electron chi connectivity index (χ1n) is 6.56. The second kappa shape index (κ2) is 6.17. The molecule has 0 atom stereocenters. The largest absolute Gasteiger partial charge is 0.322 e. The number of aromatic nitrogens is 2. The smallest absolute Gasteiger partial charge is 0.248 e. The molecule has 2 aromatic rings. The van der Waals surface area contributed by atoms with Crippen molar-refractivity contribution >= 4 is 23.5 Å². The third-order valence-electron chi connectivity index (χ3n) is 3.15. The van der Waals surface area contributed by atoms with E-state index in [0.717, 1.165) is 11.3 Å². The van der Waals surface area contributed by atoms with E-state index in [1.165, 1.54) is 13.0 Å². The Morgan fingerprint density at radius 3 is 2.67 bits per heavy atom. The normalized spacial score (nSPS) is 10.8. The molecule has 1 amide bonds. The molecule has 1 aromatic heterocycles. The molecular formula is C16H17N3O2. The third kappa shape index (κ3) is 3.45. The summed E-state index contributed by atoms with van der Waals surface area (Å²) in [4.78, 5) is 23.6. The van der Waals surface area contributed by atoms with Crippen molar-refractivity contribution in [2.75, 3.05) is 5.32 Å². The fourth-order valence-corrected chi connectivity index (χ4v) is 2.12. The summed E-state index contributed by atoms with van der Waals surface area (Å²) in [7, 11) is 1.80. The summed E-state index contributed by atoms with van der Waals surface area (Å²) in [5.74, 6) is -0.358. The summed E-state index contributed by atoms with van der Waals surface area (Å²) in [6.07, 6.45) is 4.75. The van der Waals surface area contributed by atoms with Crippen LogP contribution in [0.5, 0.6) is 0 Å². The summed E-state index contributed by atoms with van der Waals surface area (Å²) in [6.45, 7) is 3.33. The Bertz CT molecular complexity index is 714. The van der Waals surface area contributed by atoms with E-state index < -0.39 is 0 Å². The van der Waals surface area contributed by atoms with Crippen LogP contribution in [-0.2, 0) is 11.8 Å². The Labute approximate surface area is 123 Å². The third-order valence-corrected chi connectivity index (χ3v) is 3.15. The van der Waals surface area contributed by atoms with Crippen molar-refractivity contribution in [2.24, 2.45) is 7.05 Å². The van der Waals surface area contributed by atoms with Crippen molar-refractivity contribution in [1.29, 1.82) is 0 Å². The summed E-state index contributed by atoms with van der Waals surface area (Å²) < 4.78 is 1.66. The molecule has 0 spiro atoms. The number of hydrogen-bond acceptors (Lipinski definition) is 3. The van der Waals surface area contributed by atoms with Gasteiger partial charge in [0.25, 0.3) is 0 Å². The standard InChI is InChI=1S/C16H17N3O2/c1-11-5-4-6-14(16(11)12(2)20)18-15(21)8-7-13-9-10-17-19(13)3/h4-10H,1-3H3,(H,18,21). The molecule has 0 unspecified atom stereocenters. The summed E-state index contributed by atoms with van der Waals surface area (Å²) in [5.41, 5.74) is 2.74. The van der Waals surface area contributed by atoms with E-state index >= 15 is 0 Å². The molecule has 21 heavy (non-hydrogen) atoms. The van der Waals surface area contributed by atoms with E-state index in [-0.39, 0.29) is 11.7 Å². The van der Waals surface area contributed by atoms with Gasteiger partial charge >= 0.3 is 0 Å². The minimum atomic E-state index is -0.288. The molecule has 5 heteroatoms. The Hall–Kier alpha value is -2.69. The molecule has 0 saturated carbocycles. The van der Waals surface area contributed by atoms with Crippen LogP contribution < -0.4 is 5.32 Å². The highest BCUT2D eigenvalue weighted by Crippen LogP contribution is 2.20. The average Bonchev–Trinajstić information content (AvgIpc) is 2.81. The number of carbonyl (C=O) groups is 2. The number of nitrogens with one attached hydrogen (secondary N) is 1. The number of hydrogen-bond donors (Lipinski definition) is 1. The highest BCUT2D eigenvalue weighted by molar-refractivity contribution is 6.08. The van der Waals surface area contributed by atoms with E-state index in [4.69, 9.17) is 0 Å². The zero-order valence-corrected chi connectivity index (χ0v) is 12.3. The van der Waals surface area contributed by atoms with Gasteiger partial charge in [-0.1, -0.05) is 12.1 Å². The fourth-order valence-electron chi connectivity index (χ4n) is 2.12. The number of nitrogens with zero attached hydrogens (tertiary/aromatic N) is 2. The van der Waals surface area contributed by atoms with Crippen LogP contribution in [0.3, 0.4) is 0 Å². The van der Waals surface area contributed by atoms with Crippen molar-refractivity contribution < 1.29 is 9.59 Å². The van der Waals surface area contributed by atoms with E-state index in [1.807, 2.05) is 19.1 Å². The SMILES string of the molecule is CC(=O)c1c(C)cccc1NC(=O)C=Cc1ccnn1C. The molecule has 1 aromatic carbocycles. The van der Waals surface area contributed by atoms with E-state index in [0.29, 0.717) is 11.3 Å². The van der Waals surface area contributed by atoms with Crippen LogP contribution >= 0.6 is 0 Å². The summed E-state index contributed by atoms with van der Waals surface area (Å²) in [5, 5.41) is 6.75. The fraction of sp³-hybridized carbons (Fsp3) is 0.188. The van der Waals surface area contributed by atoms with Gasteiger partial charge < -0.3 is 5.32 Å². The van der Waals surface area contributed by atoms with Crippen LogP contribution in [0.1, 0.15) is 28.5 Å². The number of Topliss-reactive ketones (excluding diaryl/α,β-unsaturated/α-hetero) is 1. The molecule has 0 radical (unpaired) electrons. The number of rotatable bonds is 4. The molecule has 1 N–H and O–H groups in total. The second-order valence-electron chi connectivity index (χ2n) is 4.76. The molecule has 0 saturated heterocycles. The van der Waals surface area contributed by atoms with E-state index in [9.17, 15) is 9.59 Å². The Kier molecular flexibility index (Phi) is 4.33. The van der Waals surface area contributed by atoms with Gasteiger partial charge in [-0.05, 0) is 37.6 Å². The van der Waals surface area contributed by atoms with Gasteiger partial charge in [0.2, 0.25) is 5.91 Å². The van der Waals surface area contributed by atoms with Crippen LogP contribution in [0.25, 0.3) is 6.08 Å². The maximum Gasteiger partial charge on any atom is 0.248 e. The number of amides is 1. The molecule has 108 valence electrons. The number of benzene rings is 1. The highest BCUT2D eigenvalue weighted by Gasteiger charge is 2.11. The topological polar surface area (TPSA) is 64.0 Å². The average molecular weight is 283 g/mol. The molecule has 5 nitrogen and oxygen atoms in total. The van der Waals surface area contributed by atoms with Crippen molar-refractivity contribution in [3.63, 3.8) is 0 Å². The van der Waals surface area contributed by atoms with Gasteiger partial charge in [0.1, 0.15) is 0 Å². The Balaban J connectivity index is 2.17. The molecule has 1 heterocycles. The number of aryl methyl sites for hydroxylation is 2. The Morgan fingerprint density at radius 2 is 2.05 bits per heavy atom. The number of ketones is 1. The highest BCUT2D eigenvalue weighted by atomic mass is 16.1. The maximum atomic E-state index is 12.0. The first kappa shape index (κ1) is 14.7.